The summed E-state index contributed by atoms with van der Waals surface area (Å²) in [5.74, 6) is 0. The summed E-state index contributed by atoms with van der Waals surface area (Å²) in [5, 5.41) is 0. The first-order chi connectivity index (χ1) is 3.31. The van der Waals surface area contributed by atoms with E-state index in [2.05, 4.69) is 18.7 Å². The number of rotatable bonds is 3. The maximum Gasteiger partial charge on any atom is 0.137 e. The van der Waals surface area contributed by atoms with Gasteiger partial charge in [-0.1, -0.05) is 6.92 Å². The van der Waals surface area contributed by atoms with E-state index in [1.165, 1.54) is 0 Å². The fourth-order valence-electron chi connectivity index (χ4n) is 0.148. The lowest BCUT2D eigenvalue weighted by molar-refractivity contribution is 0.256. The SMILES string of the molecule is CCC(C)OP=S. The fourth-order valence-corrected chi connectivity index (χ4v) is 0.885. The zero-order chi connectivity index (χ0) is 5.70. The molecule has 0 fully saturated rings. The van der Waals surface area contributed by atoms with E-state index in [9.17, 15) is 0 Å². The summed E-state index contributed by atoms with van der Waals surface area (Å²) in [6.45, 7) is 4.09. The quantitative estimate of drug-likeness (QED) is 0.549. The Labute approximate surface area is 51.0 Å². The van der Waals surface area contributed by atoms with Crippen LogP contribution in [0, 0.1) is 0 Å². The van der Waals surface area contributed by atoms with Crippen LogP contribution in [0.2, 0.25) is 0 Å². The molecule has 0 spiro atoms. The molecule has 0 saturated heterocycles. The van der Waals surface area contributed by atoms with Crippen molar-refractivity contribution in [2.75, 3.05) is 0 Å². The van der Waals surface area contributed by atoms with Crippen LogP contribution >= 0.6 is 7.58 Å². The van der Waals surface area contributed by atoms with Gasteiger partial charge in [0.05, 0.1) is 6.10 Å². The summed E-state index contributed by atoms with van der Waals surface area (Å²) in [6.07, 6.45) is 1.38. The average Bonchev–Trinajstić information content (AvgIpc) is 1.68. The van der Waals surface area contributed by atoms with Crippen LogP contribution in [0.25, 0.3) is 0 Å². The molecule has 0 aromatic heterocycles. The van der Waals surface area contributed by atoms with Gasteiger partial charge in [-0.25, -0.2) is 0 Å². The maximum atomic E-state index is 4.98. The van der Waals surface area contributed by atoms with E-state index in [1.54, 1.807) is 0 Å². The van der Waals surface area contributed by atoms with Crippen LogP contribution in [0.5, 0.6) is 0 Å². The lowest BCUT2D eigenvalue weighted by Crippen LogP contribution is -1.96. The minimum absolute atomic E-state index is 0.333. The predicted octanol–water partition coefficient (Wildman–Crippen LogP) is 2.12. The largest absolute Gasteiger partial charge is 0.314 e. The number of hydrogen-bond donors (Lipinski definition) is 0. The van der Waals surface area contributed by atoms with E-state index in [-0.39, 0.29) is 0 Å². The van der Waals surface area contributed by atoms with E-state index in [0.717, 1.165) is 6.42 Å². The Morgan fingerprint density at radius 1 is 1.86 bits per heavy atom. The summed E-state index contributed by atoms with van der Waals surface area (Å²) >= 11 is 4.54. The Morgan fingerprint density at radius 3 is 2.57 bits per heavy atom. The van der Waals surface area contributed by atoms with Crippen LogP contribution in [0.3, 0.4) is 0 Å². The molecule has 7 heavy (non-hydrogen) atoms. The van der Waals surface area contributed by atoms with Crippen molar-refractivity contribution in [3.8, 4) is 0 Å². The van der Waals surface area contributed by atoms with Crippen molar-refractivity contribution < 1.29 is 4.52 Å². The van der Waals surface area contributed by atoms with Crippen molar-refractivity contribution in [3.63, 3.8) is 0 Å². The van der Waals surface area contributed by atoms with E-state index < -0.39 is 0 Å². The molecule has 1 unspecified atom stereocenters. The summed E-state index contributed by atoms with van der Waals surface area (Å²) in [7, 11) is 0.623. The van der Waals surface area contributed by atoms with E-state index in [4.69, 9.17) is 4.52 Å². The molecule has 1 atom stereocenters. The van der Waals surface area contributed by atoms with Crippen LogP contribution in [-0.4, -0.2) is 6.10 Å². The molecule has 0 saturated carbocycles. The Kier molecular flexibility index (Phi) is 4.95. The molecule has 0 aromatic carbocycles. The molecular weight excluding hydrogens is 127 g/mol. The van der Waals surface area contributed by atoms with Crippen LogP contribution in [0.15, 0.2) is 0 Å². The summed E-state index contributed by atoms with van der Waals surface area (Å²) in [4.78, 5) is 0. The fraction of sp³-hybridized carbons (Fsp3) is 1.00. The molecule has 0 rings (SSSR count). The Bertz CT molecular complexity index is 57.7. The molecule has 0 heterocycles. The molecule has 0 aromatic rings. The molecule has 0 aliphatic heterocycles. The second kappa shape index (κ2) is 4.63. The van der Waals surface area contributed by atoms with Crippen molar-refractivity contribution in [1.82, 2.24) is 0 Å². The molecule has 3 heteroatoms. The van der Waals surface area contributed by atoms with Crippen molar-refractivity contribution in [3.05, 3.63) is 0 Å². The summed E-state index contributed by atoms with van der Waals surface area (Å²) < 4.78 is 4.98. The first kappa shape index (κ1) is 7.48. The van der Waals surface area contributed by atoms with Gasteiger partial charge >= 0.3 is 0 Å². The Hall–Kier alpha value is 0.480. The first-order valence-electron chi connectivity index (χ1n) is 2.29. The monoisotopic (exact) mass is 136 g/mol. The normalized spacial score (nSPS) is 14.6. The molecule has 42 valence electrons. The van der Waals surface area contributed by atoms with Gasteiger partial charge in [0.15, 0.2) is 0 Å². The minimum atomic E-state index is 0.333. The lowest BCUT2D eigenvalue weighted by Gasteiger charge is -2.00. The van der Waals surface area contributed by atoms with Crippen LogP contribution in [-0.2, 0) is 16.3 Å². The molecule has 0 N–H and O–H groups in total. The van der Waals surface area contributed by atoms with Crippen molar-refractivity contribution in [2.24, 2.45) is 0 Å². The highest BCUT2D eigenvalue weighted by Crippen LogP contribution is 2.04. The van der Waals surface area contributed by atoms with E-state index in [0.29, 0.717) is 13.7 Å². The number of hydrogen-bond acceptors (Lipinski definition) is 2. The summed E-state index contributed by atoms with van der Waals surface area (Å²) in [5.41, 5.74) is 0. The zero-order valence-corrected chi connectivity index (χ0v) is 6.26. The average molecular weight is 136 g/mol. The predicted molar refractivity (Wildman–Crippen MR) is 35.1 cm³/mol. The highest BCUT2D eigenvalue weighted by atomic mass is 32.4. The maximum absolute atomic E-state index is 4.98. The molecule has 0 aliphatic rings. The van der Waals surface area contributed by atoms with Gasteiger partial charge in [-0.3, -0.25) is 0 Å². The second-order valence-electron chi connectivity index (χ2n) is 1.40. The second-order valence-corrected chi connectivity index (χ2v) is 2.21. The smallest absolute Gasteiger partial charge is 0.137 e. The van der Waals surface area contributed by atoms with Crippen molar-refractivity contribution in [2.45, 2.75) is 26.4 Å². The standard InChI is InChI=1S/C4H9OPS/c1-3-4(2)5-6-7/h4H,3H2,1-2H3. The molecule has 0 bridgehead atoms. The third-order valence-electron chi connectivity index (χ3n) is 0.798. The summed E-state index contributed by atoms with van der Waals surface area (Å²) in [6, 6.07) is 0. The van der Waals surface area contributed by atoms with Crippen molar-refractivity contribution in [1.29, 1.82) is 0 Å². The molecule has 1 nitrogen and oxygen atoms in total. The van der Waals surface area contributed by atoms with Gasteiger partial charge in [0.1, 0.15) is 7.58 Å². The van der Waals surface area contributed by atoms with Gasteiger partial charge in [0.2, 0.25) is 0 Å². The third-order valence-corrected chi connectivity index (χ3v) is 1.50. The van der Waals surface area contributed by atoms with Gasteiger partial charge in [0.25, 0.3) is 0 Å². The van der Waals surface area contributed by atoms with E-state index in [1.807, 2.05) is 6.92 Å². The van der Waals surface area contributed by atoms with Crippen LogP contribution in [0.4, 0.5) is 0 Å². The lowest BCUT2D eigenvalue weighted by atomic mass is 10.3. The van der Waals surface area contributed by atoms with Gasteiger partial charge in [-0.2, -0.15) is 0 Å². The zero-order valence-electron chi connectivity index (χ0n) is 4.55. The molecule has 0 amide bonds. The third kappa shape index (κ3) is 4.33. The first-order valence-corrected chi connectivity index (χ1v) is 4.12. The Balaban J connectivity index is 2.98. The molecule has 0 aliphatic carbocycles. The van der Waals surface area contributed by atoms with Gasteiger partial charge in [-0.15, -0.1) is 0 Å². The van der Waals surface area contributed by atoms with Gasteiger partial charge in [-0.05, 0) is 25.2 Å². The van der Waals surface area contributed by atoms with E-state index >= 15 is 0 Å². The topological polar surface area (TPSA) is 9.23 Å². The highest BCUT2D eigenvalue weighted by Gasteiger charge is 1.92. The molecule has 0 radical (unpaired) electrons. The minimum Gasteiger partial charge on any atom is -0.314 e. The van der Waals surface area contributed by atoms with Crippen LogP contribution in [0.1, 0.15) is 20.3 Å². The Morgan fingerprint density at radius 2 is 2.43 bits per heavy atom. The van der Waals surface area contributed by atoms with Crippen LogP contribution < -0.4 is 0 Å². The highest BCUT2D eigenvalue weighted by molar-refractivity contribution is 7.94. The van der Waals surface area contributed by atoms with Gasteiger partial charge in [0, 0.05) is 0 Å². The van der Waals surface area contributed by atoms with Crippen molar-refractivity contribution >= 4 is 19.4 Å². The molecular formula is C4H9OPS. The van der Waals surface area contributed by atoms with Gasteiger partial charge < -0.3 is 4.52 Å².